The topological polar surface area (TPSA) is 46.5 Å². The summed E-state index contributed by atoms with van der Waals surface area (Å²) in [6.45, 7) is 7.54. The van der Waals surface area contributed by atoms with Crippen LogP contribution in [0.15, 0.2) is 42.5 Å². The van der Waals surface area contributed by atoms with Gasteiger partial charge in [0.1, 0.15) is 5.60 Å². The summed E-state index contributed by atoms with van der Waals surface area (Å²) >= 11 is 0. The second kappa shape index (κ2) is 6.32. The molecule has 0 heterocycles. The van der Waals surface area contributed by atoms with Gasteiger partial charge in [0, 0.05) is 0 Å². The van der Waals surface area contributed by atoms with Gasteiger partial charge in [-0.25, -0.2) is 4.79 Å². The molecular weight excluding hydrogens is 276 g/mol. The van der Waals surface area contributed by atoms with E-state index in [0.717, 1.165) is 22.3 Å². The molecule has 0 radical (unpaired) electrons. The normalized spacial score (nSPS) is 11.3. The molecule has 0 saturated heterocycles. The van der Waals surface area contributed by atoms with E-state index in [2.05, 4.69) is 0 Å². The van der Waals surface area contributed by atoms with Crippen molar-refractivity contribution in [2.24, 2.45) is 0 Å². The van der Waals surface area contributed by atoms with Crippen LogP contribution in [0.1, 0.15) is 42.3 Å². The second-order valence-electron chi connectivity index (χ2n) is 6.40. The van der Waals surface area contributed by atoms with E-state index in [1.54, 1.807) is 12.1 Å². The Morgan fingerprint density at radius 1 is 1.09 bits per heavy atom. The first-order chi connectivity index (χ1) is 10.3. The van der Waals surface area contributed by atoms with E-state index in [1.807, 2.05) is 58.0 Å². The van der Waals surface area contributed by atoms with E-state index < -0.39 is 5.60 Å². The number of carbonyl (C=O) groups excluding carboxylic acids is 1. The van der Waals surface area contributed by atoms with E-state index in [1.165, 1.54) is 0 Å². The van der Waals surface area contributed by atoms with Crippen molar-refractivity contribution >= 4 is 5.97 Å². The van der Waals surface area contributed by atoms with E-state index in [4.69, 9.17) is 4.74 Å². The molecule has 116 valence electrons. The van der Waals surface area contributed by atoms with Crippen molar-refractivity contribution < 1.29 is 14.6 Å². The third-order valence-electron chi connectivity index (χ3n) is 3.27. The van der Waals surface area contributed by atoms with Crippen molar-refractivity contribution in [3.8, 4) is 11.1 Å². The van der Waals surface area contributed by atoms with Crippen LogP contribution in [0.2, 0.25) is 0 Å². The van der Waals surface area contributed by atoms with Crippen molar-refractivity contribution in [3.05, 3.63) is 59.2 Å². The Morgan fingerprint density at radius 2 is 1.73 bits per heavy atom. The lowest BCUT2D eigenvalue weighted by atomic mass is 9.97. The molecule has 0 atom stereocenters. The molecule has 1 N–H and O–H groups in total. The fourth-order valence-corrected chi connectivity index (χ4v) is 2.22. The largest absolute Gasteiger partial charge is 0.456 e. The van der Waals surface area contributed by atoms with Crippen LogP contribution < -0.4 is 0 Å². The van der Waals surface area contributed by atoms with Crippen molar-refractivity contribution in [2.75, 3.05) is 0 Å². The number of rotatable bonds is 3. The number of hydrogen-bond acceptors (Lipinski definition) is 3. The summed E-state index contributed by atoms with van der Waals surface area (Å²) < 4.78 is 5.35. The highest BCUT2D eigenvalue weighted by molar-refractivity contribution is 5.90. The van der Waals surface area contributed by atoms with Crippen LogP contribution in [0, 0.1) is 6.92 Å². The van der Waals surface area contributed by atoms with Gasteiger partial charge in [0.05, 0.1) is 12.2 Å². The predicted molar refractivity (Wildman–Crippen MR) is 87.7 cm³/mol. The van der Waals surface area contributed by atoms with Gasteiger partial charge in [-0.2, -0.15) is 0 Å². The number of hydrogen-bond donors (Lipinski definition) is 1. The number of aliphatic hydroxyl groups excluding tert-OH is 1. The molecule has 2 aromatic rings. The zero-order valence-electron chi connectivity index (χ0n) is 13.5. The smallest absolute Gasteiger partial charge is 0.338 e. The Bertz CT molecular complexity index is 664. The molecule has 0 amide bonds. The Hall–Kier alpha value is -2.13. The van der Waals surface area contributed by atoms with Gasteiger partial charge in [-0.3, -0.25) is 0 Å². The SMILES string of the molecule is Cc1ccc(CO)c(-c2ccc(C(=O)OC(C)(C)C)cc2)c1. The maximum absolute atomic E-state index is 12.0. The van der Waals surface area contributed by atoms with Crippen LogP contribution in [0.3, 0.4) is 0 Å². The standard InChI is InChI=1S/C19H22O3/c1-13-5-6-16(12-20)17(11-13)14-7-9-15(10-8-14)18(21)22-19(2,3)4/h5-11,20H,12H2,1-4H3. The molecule has 22 heavy (non-hydrogen) atoms. The fourth-order valence-electron chi connectivity index (χ4n) is 2.22. The highest BCUT2D eigenvalue weighted by Crippen LogP contribution is 2.26. The average molecular weight is 298 g/mol. The molecule has 2 aromatic carbocycles. The van der Waals surface area contributed by atoms with E-state index in [0.29, 0.717) is 5.56 Å². The van der Waals surface area contributed by atoms with E-state index in [-0.39, 0.29) is 12.6 Å². The summed E-state index contributed by atoms with van der Waals surface area (Å²) in [6, 6.07) is 13.2. The molecule has 2 rings (SSSR count). The molecule has 3 heteroatoms. The summed E-state index contributed by atoms with van der Waals surface area (Å²) in [5.74, 6) is -0.328. The van der Waals surface area contributed by atoms with Gasteiger partial charge < -0.3 is 9.84 Å². The fraction of sp³-hybridized carbons (Fsp3) is 0.316. The Morgan fingerprint density at radius 3 is 2.27 bits per heavy atom. The van der Waals surface area contributed by atoms with E-state index in [9.17, 15) is 9.90 Å². The lowest BCUT2D eigenvalue weighted by molar-refractivity contribution is 0.00695. The molecular formula is C19H22O3. The van der Waals surface area contributed by atoms with Crippen LogP contribution in [-0.2, 0) is 11.3 Å². The van der Waals surface area contributed by atoms with Crippen LogP contribution in [0.5, 0.6) is 0 Å². The molecule has 0 fully saturated rings. The number of aryl methyl sites for hydroxylation is 1. The third-order valence-corrected chi connectivity index (χ3v) is 3.27. The van der Waals surface area contributed by atoms with Gasteiger partial charge in [0.25, 0.3) is 0 Å². The molecule has 3 nitrogen and oxygen atoms in total. The zero-order valence-corrected chi connectivity index (χ0v) is 13.5. The monoisotopic (exact) mass is 298 g/mol. The lowest BCUT2D eigenvalue weighted by Gasteiger charge is -2.19. The van der Waals surface area contributed by atoms with Crippen molar-refractivity contribution in [2.45, 2.75) is 39.9 Å². The summed E-state index contributed by atoms with van der Waals surface area (Å²) in [6.07, 6.45) is 0. The van der Waals surface area contributed by atoms with Gasteiger partial charge in [-0.15, -0.1) is 0 Å². The first kappa shape index (κ1) is 16.2. The Labute approximate surface area is 131 Å². The predicted octanol–water partition coefficient (Wildman–Crippen LogP) is 4.11. The molecule has 0 aliphatic heterocycles. The van der Waals surface area contributed by atoms with Crippen LogP contribution in [0.25, 0.3) is 11.1 Å². The number of esters is 1. The first-order valence-corrected chi connectivity index (χ1v) is 7.34. The minimum absolute atomic E-state index is 0.0105. The lowest BCUT2D eigenvalue weighted by Crippen LogP contribution is -2.23. The molecule has 0 aliphatic rings. The molecule has 0 aliphatic carbocycles. The van der Waals surface area contributed by atoms with Gasteiger partial charge in [-0.1, -0.05) is 35.9 Å². The van der Waals surface area contributed by atoms with Crippen LogP contribution in [0.4, 0.5) is 0 Å². The summed E-state index contributed by atoms with van der Waals surface area (Å²) in [4.78, 5) is 12.0. The van der Waals surface area contributed by atoms with Crippen LogP contribution >= 0.6 is 0 Å². The highest BCUT2D eigenvalue weighted by Gasteiger charge is 2.17. The van der Waals surface area contributed by atoms with Gasteiger partial charge in [0.2, 0.25) is 0 Å². The van der Waals surface area contributed by atoms with Crippen LogP contribution in [-0.4, -0.2) is 16.7 Å². The first-order valence-electron chi connectivity index (χ1n) is 7.34. The van der Waals surface area contributed by atoms with Gasteiger partial charge >= 0.3 is 5.97 Å². The summed E-state index contributed by atoms with van der Waals surface area (Å²) in [7, 11) is 0. The molecule has 0 bridgehead atoms. The molecule has 0 unspecified atom stereocenters. The van der Waals surface area contributed by atoms with E-state index >= 15 is 0 Å². The molecule has 0 spiro atoms. The summed E-state index contributed by atoms with van der Waals surface area (Å²) in [5, 5.41) is 9.47. The molecule has 0 aromatic heterocycles. The second-order valence-corrected chi connectivity index (χ2v) is 6.40. The third kappa shape index (κ3) is 3.95. The number of aliphatic hydroxyl groups is 1. The summed E-state index contributed by atoms with van der Waals surface area (Å²) in [5.41, 5.74) is 3.98. The minimum atomic E-state index is -0.504. The Kier molecular flexibility index (Phi) is 4.67. The quantitative estimate of drug-likeness (QED) is 0.867. The minimum Gasteiger partial charge on any atom is -0.456 e. The molecule has 0 saturated carbocycles. The number of benzene rings is 2. The number of ether oxygens (including phenoxy) is 1. The number of carbonyl (C=O) groups is 1. The van der Waals surface area contributed by atoms with Gasteiger partial charge in [0.15, 0.2) is 0 Å². The average Bonchev–Trinajstić information content (AvgIpc) is 2.45. The maximum atomic E-state index is 12.0. The van der Waals surface area contributed by atoms with Crippen molar-refractivity contribution in [1.82, 2.24) is 0 Å². The van der Waals surface area contributed by atoms with Gasteiger partial charge in [-0.05, 0) is 56.5 Å². The van der Waals surface area contributed by atoms with Crippen molar-refractivity contribution in [1.29, 1.82) is 0 Å². The Balaban J connectivity index is 2.30. The maximum Gasteiger partial charge on any atom is 0.338 e. The van der Waals surface area contributed by atoms with Crippen molar-refractivity contribution in [3.63, 3.8) is 0 Å². The highest BCUT2D eigenvalue weighted by atomic mass is 16.6. The zero-order chi connectivity index (χ0) is 16.3.